The van der Waals surface area contributed by atoms with E-state index in [0.717, 1.165) is 4.47 Å². The Hall–Kier alpha value is -0.620. The molecule has 4 nitrogen and oxygen atoms in total. The topological polar surface area (TPSA) is 50.7 Å². The second kappa shape index (κ2) is 5.35. The fraction of sp³-hybridized carbons (Fsp3) is 0. The molecule has 88 valence electrons. The molecule has 0 bridgehead atoms. The summed E-state index contributed by atoms with van der Waals surface area (Å²) in [6, 6.07) is 5.34. The Morgan fingerprint density at radius 1 is 1.00 bits per heavy atom. The third-order valence-corrected chi connectivity index (χ3v) is 2.92. The fourth-order valence-corrected chi connectivity index (χ4v) is 1.98. The number of anilines is 2. The van der Waals surface area contributed by atoms with Crippen molar-refractivity contribution in [3.63, 3.8) is 0 Å². The Kier molecular flexibility index (Phi) is 4.04. The first-order valence-electron chi connectivity index (χ1n) is 4.34. The van der Waals surface area contributed by atoms with E-state index in [4.69, 9.17) is 34.8 Å². The highest BCUT2D eigenvalue weighted by molar-refractivity contribution is 9.10. The number of aromatic nitrogens is 3. The summed E-state index contributed by atoms with van der Waals surface area (Å²) in [7, 11) is 0. The molecule has 2 rings (SSSR count). The maximum absolute atomic E-state index is 6.01. The molecule has 17 heavy (non-hydrogen) atoms. The van der Waals surface area contributed by atoms with E-state index in [9.17, 15) is 0 Å². The molecular weight excluding hydrogens is 350 g/mol. The van der Waals surface area contributed by atoms with Crippen molar-refractivity contribution in [2.75, 3.05) is 5.32 Å². The molecular formula is C9H4BrCl3N4. The number of nitrogens with zero attached hydrogens (tertiary/aromatic N) is 3. The van der Waals surface area contributed by atoms with Crippen LogP contribution in [0.2, 0.25) is 15.6 Å². The first kappa shape index (κ1) is 12.8. The average molecular weight is 354 g/mol. The van der Waals surface area contributed by atoms with E-state index in [0.29, 0.717) is 10.7 Å². The number of hydrogen-bond donors (Lipinski definition) is 1. The SMILES string of the molecule is Clc1nc(Cl)nc(Nc2cc(Br)ccc2Cl)n1. The first-order chi connectivity index (χ1) is 8.04. The van der Waals surface area contributed by atoms with Crippen LogP contribution in [-0.2, 0) is 0 Å². The van der Waals surface area contributed by atoms with Crippen LogP contribution in [-0.4, -0.2) is 15.0 Å². The highest BCUT2D eigenvalue weighted by atomic mass is 79.9. The van der Waals surface area contributed by atoms with Gasteiger partial charge in [-0.3, -0.25) is 0 Å². The van der Waals surface area contributed by atoms with E-state index >= 15 is 0 Å². The second-order valence-electron chi connectivity index (χ2n) is 2.95. The normalized spacial score (nSPS) is 10.4. The summed E-state index contributed by atoms with van der Waals surface area (Å²) >= 11 is 20.7. The third-order valence-electron chi connectivity index (χ3n) is 1.76. The maximum Gasteiger partial charge on any atom is 0.232 e. The molecule has 0 unspecified atom stereocenters. The molecule has 2 aromatic rings. The van der Waals surface area contributed by atoms with Crippen molar-refractivity contribution in [2.24, 2.45) is 0 Å². The molecule has 0 spiro atoms. The molecule has 0 fully saturated rings. The molecule has 0 aliphatic carbocycles. The van der Waals surface area contributed by atoms with Gasteiger partial charge in [-0.1, -0.05) is 27.5 Å². The largest absolute Gasteiger partial charge is 0.323 e. The maximum atomic E-state index is 6.01. The van der Waals surface area contributed by atoms with Crippen molar-refractivity contribution in [1.82, 2.24) is 15.0 Å². The minimum atomic E-state index is 0.0126. The zero-order valence-electron chi connectivity index (χ0n) is 8.09. The first-order valence-corrected chi connectivity index (χ1v) is 6.26. The van der Waals surface area contributed by atoms with Crippen molar-refractivity contribution < 1.29 is 0 Å². The summed E-state index contributed by atoms with van der Waals surface area (Å²) < 4.78 is 0.871. The van der Waals surface area contributed by atoms with Gasteiger partial charge in [0.15, 0.2) is 0 Å². The molecule has 1 heterocycles. The van der Waals surface area contributed by atoms with Crippen LogP contribution >= 0.6 is 50.7 Å². The number of benzene rings is 1. The number of halogens is 4. The molecule has 0 aliphatic heterocycles. The summed E-state index contributed by atoms with van der Waals surface area (Å²) in [5.41, 5.74) is 0.638. The van der Waals surface area contributed by atoms with Crippen molar-refractivity contribution in [3.05, 3.63) is 38.3 Å². The predicted octanol–water partition coefficient (Wildman–Crippen LogP) is 4.34. The number of rotatable bonds is 2. The van der Waals surface area contributed by atoms with Gasteiger partial charge in [-0.2, -0.15) is 15.0 Å². The van der Waals surface area contributed by atoms with Crippen molar-refractivity contribution in [1.29, 1.82) is 0 Å². The molecule has 1 aromatic carbocycles. The van der Waals surface area contributed by atoms with Crippen LogP contribution in [0, 0.1) is 0 Å². The van der Waals surface area contributed by atoms with Crippen molar-refractivity contribution in [2.45, 2.75) is 0 Å². The van der Waals surface area contributed by atoms with E-state index in [1.807, 2.05) is 6.07 Å². The summed E-state index contributed by atoms with van der Waals surface area (Å²) in [5, 5.41) is 3.46. The average Bonchev–Trinajstić information content (AvgIpc) is 2.22. The molecule has 1 N–H and O–H groups in total. The number of nitrogens with one attached hydrogen (secondary N) is 1. The lowest BCUT2D eigenvalue weighted by Crippen LogP contribution is -1.99. The lowest BCUT2D eigenvalue weighted by Gasteiger charge is -2.07. The Morgan fingerprint density at radius 2 is 1.65 bits per heavy atom. The second-order valence-corrected chi connectivity index (χ2v) is 4.95. The van der Waals surface area contributed by atoms with Gasteiger partial charge in [0.25, 0.3) is 0 Å². The Morgan fingerprint density at radius 3 is 2.29 bits per heavy atom. The van der Waals surface area contributed by atoms with E-state index in [-0.39, 0.29) is 16.5 Å². The van der Waals surface area contributed by atoms with Gasteiger partial charge in [0.1, 0.15) is 0 Å². The summed E-state index contributed by atoms with van der Waals surface area (Å²) in [5.74, 6) is 0.231. The highest BCUT2D eigenvalue weighted by Gasteiger charge is 2.06. The van der Waals surface area contributed by atoms with E-state index in [1.165, 1.54) is 0 Å². The van der Waals surface area contributed by atoms with Crippen LogP contribution < -0.4 is 5.32 Å². The summed E-state index contributed by atoms with van der Waals surface area (Å²) in [4.78, 5) is 11.4. The number of hydrogen-bond acceptors (Lipinski definition) is 4. The molecule has 0 amide bonds. The minimum Gasteiger partial charge on any atom is -0.323 e. The Bertz CT molecular complexity index is 544. The molecule has 1 aromatic heterocycles. The van der Waals surface area contributed by atoms with Gasteiger partial charge in [0.05, 0.1) is 10.7 Å². The quantitative estimate of drug-likeness (QED) is 0.872. The zero-order valence-corrected chi connectivity index (χ0v) is 11.9. The van der Waals surface area contributed by atoms with Crippen LogP contribution in [0.15, 0.2) is 22.7 Å². The van der Waals surface area contributed by atoms with Gasteiger partial charge in [-0.05, 0) is 41.4 Å². The van der Waals surface area contributed by atoms with Gasteiger partial charge < -0.3 is 5.32 Å². The van der Waals surface area contributed by atoms with E-state index in [2.05, 4.69) is 36.2 Å². The van der Waals surface area contributed by atoms with Crippen LogP contribution in [0.5, 0.6) is 0 Å². The van der Waals surface area contributed by atoms with Crippen molar-refractivity contribution in [3.8, 4) is 0 Å². The van der Waals surface area contributed by atoms with Gasteiger partial charge in [-0.25, -0.2) is 0 Å². The van der Waals surface area contributed by atoms with E-state index in [1.54, 1.807) is 12.1 Å². The van der Waals surface area contributed by atoms with Gasteiger partial charge in [0, 0.05) is 4.47 Å². The molecule has 0 saturated carbocycles. The summed E-state index contributed by atoms with van der Waals surface area (Å²) in [6.45, 7) is 0. The van der Waals surface area contributed by atoms with Gasteiger partial charge in [-0.15, -0.1) is 0 Å². The molecule has 0 saturated heterocycles. The molecule has 0 radical (unpaired) electrons. The summed E-state index contributed by atoms with van der Waals surface area (Å²) in [6.07, 6.45) is 0. The van der Waals surface area contributed by atoms with Crippen LogP contribution in [0.25, 0.3) is 0 Å². The lowest BCUT2D eigenvalue weighted by atomic mass is 10.3. The highest BCUT2D eigenvalue weighted by Crippen LogP contribution is 2.27. The van der Waals surface area contributed by atoms with E-state index < -0.39 is 0 Å². The minimum absolute atomic E-state index is 0.0126. The van der Waals surface area contributed by atoms with Gasteiger partial charge in [0.2, 0.25) is 16.5 Å². The zero-order chi connectivity index (χ0) is 12.4. The lowest BCUT2D eigenvalue weighted by molar-refractivity contribution is 1.05. The Labute approximate surface area is 120 Å². The van der Waals surface area contributed by atoms with Crippen LogP contribution in [0.4, 0.5) is 11.6 Å². The molecule has 0 atom stereocenters. The van der Waals surface area contributed by atoms with Crippen LogP contribution in [0.1, 0.15) is 0 Å². The fourth-order valence-electron chi connectivity index (χ4n) is 1.10. The standard InChI is InChI=1S/C9H4BrCl3N4/c10-4-1-2-5(11)6(3-4)14-9-16-7(12)15-8(13)17-9/h1-3H,(H,14,15,16,17). The monoisotopic (exact) mass is 352 g/mol. The Balaban J connectivity index is 2.34. The van der Waals surface area contributed by atoms with Crippen molar-refractivity contribution >= 4 is 62.4 Å². The predicted molar refractivity (Wildman–Crippen MR) is 72.3 cm³/mol. The molecule has 0 aliphatic rings. The smallest absolute Gasteiger partial charge is 0.232 e. The molecule has 8 heteroatoms. The van der Waals surface area contributed by atoms with Crippen LogP contribution in [0.3, 0.4) is 0 Å². The van der Waals surface area contributed by atoms with Gasteiger partial charge >= 0.3 is 0 Å². The third kappa shape index (κ3) is 3.42.